The normalized spacial score (nSPS) is 19.1. The number of aromatic amines is 1. The minimum atomic E-state index is -0.000179. The maximum atomic E-state index is 12.1. The van der Waals surface area contributed by atoms with E-state index >= 15 is 0 Å². The Bertz CT molecular complexity index is 1470. The summed E-state index contributed by atoms with van der Waals surface area (Å²) in [5.74, 6) is 4.52. The van der Waals surface area contributed by atoms with Crippen molar-refractivity contribution in [3.63, 3.8) is 0 Å². The van der Waals surface area contributed by atoms with Crippen LogP contribution in [0.2, 0.25) is 0 Å². The number of carbonyl (C=O) groups is 1. The highest BCUT2D eigenvalue weighted by atomic mass is 16.2. The lowest BCUT2D eigenvalue weighted by Crippen LogP contribution is -2.59. The standard InChI is InChI=1S/C30H36N8O/c1-6-22-27(26-20(3)8-9-24-23(26)16-31-34-24)32-29(36-13-10-21(11-14-36)35(4)5)33-28(22)37-15-12-30(17-37)18-38(19-30)25(39)7-2/h1,7-9,16,21H,2,10-15,17-19H2,3-5H3,(H,31,34). The molecule has 1 aromatic carbocycles. The number of benzene rings is 1. The van der Waals surface area contributed by atoms with E-state index in [0.717, 1.165) is 98.0 Å². The Morgan fingerprint density at radius 1 is 1.18 bits per heavy atom. The van der Waals surface area contributed by atoms with E-state index in [9.17, 15) is 4.79 Å². The first-order valence-corrected chi connectivity index (χ1v) is 13.7. The summed E-state index contributed by atoms with van der Waals surface area (Å²) >= 11 is 0. The summed E-state index contributed by atoms with van der Waals surface area (Å²) in [6, 6.07) is 4.69. The van der Waals surface area contributed by atoms with Gasteiger partial charge in [-0.05, 0) is 58.0 Å². The third-order valence-corrected chi connectivity index (χ3v) is 8.85. The number of aryl methyl sites for hydroxylation is 1. The van der Waals surface area contributed by atoms with Crippen molar-refractivity contribution in [2.24, 2.45) is 5.41 Å². The maximum Gasteiger partial charge on any atom is 0.245 e. The fourth-order valence-corrected chi connectivity index (χ4v) is 6.57. The van der Waals surface area contributed by atoms with Crippen molar-refractivity contribution < 1.29 is 4.79 Å². The first-order valence-electron chi connectivity index (χ1n) is 13.7. The van der Waals surface area contributed by atoms with Crippen LogP contribution >= 0.6 is 0 Å². The minimum absolute atomic E-state index is 0.000179. The van der Waals surface area contributed by atoms with Crippen molar-refractivity contribution in [1.82, 2.24) is 30.0 Å². The lowest BCUT2D eigenvalue weighted by molar-refractivity contribution is -0.136. The van der Waals surface area contributed by atoms with Gasteiger partial charge in [-0.15, -0.1) is 6.42 Å². The summed E-state index contributed by atoms with van der Waals surface area (Å²) in [4.78, 5) is 31.3. The van der Waals surface area contributed by atoms with Crippen LogP contribution in [0.4, 0.5) is 11.8 Å². The number of hydrogen-bond acceptors (Lipinski definition) is 7. The van der Waals surface area contributed by atoms with E-state index in [2.05, 4.69) is 64.5 Å². The van der Waals surface area contributed by atoms with Gasteiger partial charge < -0.3 is 19.6 Å². The number of nitrogens with one attached hydrogen (secondary N) is 1. The number of amides is 1. The quantitative estimate of drug-likeness (QED) is 0.406. The van der Waals surface area contributed by atoms with Crippen LogP contribution in [0.25, 0.3) is 22.2 Å². The zero-order valence-electron chi connectivity index (χ0n) is 23.1. The number of rotatable bonds is 5. The maximum absolute atomic E-state index is 12.1. The SMILES string of the molecule is C#Cc1c(-c2c(C)ccc3[nH]ncc23)nc(N2CCC(N(C)C)CC2)nc1N1CCC2(CN(C(=O)C=C)C2)C1. The predicted molar refractivity (Wildman–Crippen MR) is 155 cm³/mol. The van der Waals surface area contributed by atoms with E-state index in [1.54, 1.807) is 0 Å². The molecule has 3 aromatic rings. The summed E-state index contributed by atoms with van der Waals surface area (Å²) < 4.78 is 0. The van der Waals surface area contributed by atoms with Gasteiger partial charge in [-0.2, -0.15) is 10.1 Å². The van der Waals surface area contributed by atoms with Crippen LogP contribution < -0.4 is 9.80 Å². The molecule has 0 bridgehead atoms. The van der Waals surface area contributed by atoms with Crippen LogP contribution in [0, 0.1) is 24.7 Å². The van der Waals surface area contributed by atoms with Gasteiger partial charge in [0.2, 0.25) is 11.9 Å². The number of nitrogens with zero attached hydrogens (tertiary/aromatic N) is 7. The second-order valence-corrected chi connectivity index (χ2v) is 11.6. The Morgan fingerprint density at radius 3 is 2.64 bits per heavy atom. The van der Waals surface area contributed by atoms with Crippen LogP contribution in [0.1, 0.15) is 30.4 Å². The molecule has 5 heterocycles. The number of hydrogen-bond donors (Lipinski definition) is 1. The van der Waals surface area contributed by atoms with Gasteiger partial charge in [0.25, 0.3) is 0 Å². The second kappa shape index (κ2) is 9.69. The molecular weight excluding hydrogens is 488 g/mol. The van der Waals surface area contributed by atoms with E-state index in [-0.39, 0.29) is 11.3 Å². The first kappa shape index (κ1) is 25.4. The van der Waals surface area contributed by atoms with Crippen LogP contribution in [0.15, 0.2) is 31.0 Å². The molecule has 0 unspecified atom stereocenters. The molecule has 0 atom stereocenters. The lowest BCUT2D eigenvalue weighted by atomic mass is 9.79. The smallest absolute Gasteiger partial charge is 0.245 e. The summed E-state index contributed by atoms with van der Waals surface area (Å²) in [6.07, 6.45) is 12.6. The highest BCUT2D eigenvalue weighted by Gasteiger charge is 2.49. The predicted octanol–water partition coefficient (Wildman–Crippen LogP) is 3.06. The Balaban J connectivity index is 1.42. The minimum Gasteiger partial charge on any atom is -0.355 e. The molecular formula is C30H36N8O. The summed E-state index contributed by atoms with van der Waals surface area (Å²) in [7, 11) is 4.30. The Hall–Kier alpha value is -3.90. The molecule has 39 heavy (non-hydrogen) atoms. The summed E-state index contributed by atoms with van der Waals surface area (Å²) in [5, 5.41) is 8.40. The van der Waals surface area contributed by atoms with E-state index in [1.165, 1.54) is 6.08 Å². The number of aromatic nitrogens is 4. The van der Waals surface area contributed by atoms with Gasteiger partial charge in [-0.25, -0.2) is 4.98 Å². The lowest BCUT2D eigenvalue weighted by Gasteiger charge is -2.47. The zero-order chi connectivity index (χ0) is 27.3. The topological polar surface area (TPSA) is 84.5 Å². The molecule has 6 rings (SSSR count). The van der Waals surface area contributed by atoms with Crippen LogP contribution in [-0.2, 0) is 4.79 Å². The molecule has 3 fully saturated rings. The third kappa shape index (κ3) is 4.33. The molecule has 0 aliphatic carbocycles. The molecule has 9 nitrogen and oxygen atoms in total. The Kier molecular flexibility index (Phi) is 6.31. The fraction of sp³-hybridized carbons (Fsp3) is 0.467. The van der Waals surface area contributed by atoms with Gasteiger partial charge in [-0.1, -0.05) is 18.6 Å². The van der Waals surface area contributed by atoms with Crippen molar-refractivity contribution >= 4 is 28.6 Å². The molecule has 1 amide bonds. The van der Waals surface area contributed by atoms with Crippen LogP contribution in [0.5, 0.6) is 0 Å². The average Bonchev–Trinajstić information content (AvgIpc) is 3.59. The van der Waals surface area contributed by atoms with Crippen LogP contribution in [-0.4, -0.2) is 95.3 Å². The molecule has 202 valence electrons. The van der Waals surface area contributed by atoms with Crippen molar-refractivity contribution in [1.29, 1.82) is 0 Å². The van der Waals surface area contributed by atoms with Crippen molar-refractivity contribution in [2.75, 3.05) is 63.2 Å². The van der Waals surface area contributed by atoms with E-state index in [4.69, 9.17) is 16.4 Å². The molecule has 3 aliphatic heterocycles. The highest BCUT2D eigenvalue weighted by molar-refractivity contribution is 5.97. The van der Waals surface area contributed by atoms with E-state index in [1.807, 2.05) is 17.2 Å². The number of piperidine rings is 1. The molecule has 2 aromatic heterocycles. The second-order valence-electron chi connectivity index (χ2n) is 11.6. The largest absolute Gasteiger partial charge is 0.355 e. The molecule has 3 aliphatic rings. The van der Waals surface area contributed by atoms with Crippen molar-refractivity contribution in [3.05, 3.63) is 42.1 Å². The molecule has 3 saturated heterocycles. The number of H-pyrrole nitrogens is 1. The average molecular weight is 525 g/mol. The first-order chi connectivity index (χ1) is 18.8. The van der Waals surface area contributed by atoms with Crippen molar-refractivity contribution in [3.8, 4) is 23.6 Å². The van der Waals surface area contributed by atoms with E-state index in [0.29, 0.717) is 11.6 Å². The Labute approximate surface area is 229 Å². The van der Waals surface area contributed by atoms with Gasteiger partial charge in [0.05, 0.1) is 23.0 Å². The number of likely N-dealkylation sites (tertiary alicyclic amines) is 1. The monoisotopic (exact) mass is 524 g/mol. The molecule has 9 heteroatoms. The highest BCUT2D eigenvalue weighted by Crippen LogP contribution is 2.43. The van der Waals surface area contributed by atoms with Gasteiger partial charge in [-0.3, -0.25) is 9.89 Å². The van der Waals surface area contributed by atoms with Gasteiger partial charge in [0.1, 0.15) is 0 Å². The molecule has 0 saturated carbocycles. The number of carbonyl (C=O) groups excluding carboxylic acids is 1. The van der Waals surface area contributed by atoms with E-state index < -0.39 is 0 Å². The number of anilines is 2. The number of terminal acetylenes is 1. The third-order valence-electron chi connectivity index (χ3n) is 8.85. The molecule has 0 radical (unpaired) electrons. The molecule has 1 spiro atoms. The van der Waals surface area contributed by atoms with Crippen molar-refractivity contribution in [2.45, 2.75) is 32.2 Å². The zero-order valence-corrected chi connectivity index (χ0v) is 23.1. The number of fused-ring (bicyclic) bond motifs is 1. The Morgan fingerprint density at radius 2 is 1.95 bits per heavy atom. The van der Waals surface area contributed by atoms with Gasteiger partial charge in [0.15, 0.2) is 5.82 Å². The summed E-state index contributed by atoms with van der Waals surface area (Å²) in [6.45, 7) is 10.7. The van der Waals surface area contributed by atoms with Crippen LogP contribution in [0.3, 0.4) is 0 Å². The molecule has 1 N–H and O–H groups in total. The van der Waals surface area contributed by atoms with Gasteiger partial charge in [0, 0.05) is 61.7 Å². The summed E-state index contributed by atoms with van der Waals surface area (Å²) in [5.41, 5.74) is 4.62. The van der Waals surface area contributed by atoms with Gasteiger partial charge >= 0.3 is 0 Å². The fourth-order valence-electron chi connectivity index (χ4n) is 6.57.